The van der Waals surface area contributed by atoms with Gasteiger partial charge in [0.2, 0.25) is 9.84 Å². The van der Waals surface area contributed by atoms with Crippen LogP contribution in [0.15, 0.2) is 52.3 Å². The van der Waals surface area contributed by atoms with E-state index in [0.29, 0.717) is 15.6 Å². The molecule has 0 radical (unpaired) electrons. The highest BCUT2D eigenvalue weighted by molar-refractivity contribution is 7.96. The molecule has 0 saturated heterocycles. The summed E-state index contributed by atoms with van der Waals surface area (Å²) in [6.45, 7) is 3.86. The molecule has 2 aromatic rings. The lowest BCUT2D eigenvalue weighted by molar-refractivity contribution is 0.359. The summed E-state index contributed by atoms with van der Waals surface area (Å²) in [6, 6.07) is 13.1. The van der Waals surface area contributed by atoms with E-state index in [-0.39, 0.29) is 6.61 Å². The van der Waals surface area contributed by atoms with Crippen molar-refractivity contribution in [3.8, 4) is 5.75 Å². The Bertz CT molecular complexity index is 816. The number of sulfone groups is 1. The van der Waals surface area contributed by atoms with E-state index in [0.717, 1.165) is 16.7 Å². The molecular weight excluding hydrogens is 284 g/mol. The van der Waals surface area contributed by atoms with Crippen LogP contribution in [0.4, 0.5) is 0 Å². The molecule has 4 heteroatoms. The van der Waals surface area contributed by atoms with Crippen molar-refractivity contribution >= 4 is 15.9 Å². The average molecular weight is 300 g/mol. The molecule has 0 unspecified atom stereocenters. The molecule has 1 aliphatic heterocycles. The lowest BCUT2D eigenvalue weighted by Gasteiger charge is -2.08. The fourth-order valence-corrected chi connectivity index (χ4v) is 4.13. The van der Waals surface area contributed by atoms with Crippen molar-refractivity contribution in [3.05, 3.63) is 64.1 Å². The van der Waals surface area contributed by atoms with Gasteiger partial charge in [-0.3, -0.25) is 0 Å². The number of fused-ring (bicyclic) bond motifs is 1. The molecule has 0 bridgehead atoms. The summed E-state index contributed by atoms with van der Waals surface area (Å²) in [7, 11) is -3.42. The Hall–Kier alpha value is -2.07. The van der Waals surface area contributed by atoms with Crippen molar-refractivity contribution in [1.29, 1.82) is 0 Å². The molecule has 0 aliphatic carbocycles. The molecule has 0 N–H and O–H groups in total. The van der Waals surface area contributed by atoms with Gasteiger partial charge in [0.1, 0.15) is 12.4 Å². The van der Waals surface area contributed by atoms with Crippen LogP contribution in [-0.4, -0.2) is 15.0 Å². The molecule has 0 amide bonds. The van der Waals surface area contributed by atoms with E-state index in [9.17, 15) is 8.42 Å². The molecule has 0 spiro atoms. The highest BCUT2D eigenvalue weighted by Gasteiger charge is 2.31. The zero-order valence-corrected chi connectivity index (χ0v) is 12.8. The van der Waals surface area contributed by atoms with Gasteiger partial charge in [0.05, 0.1) is 9.80 Å². The van der Waals surface area contributed by atoms with E-state index >= 15 is 0 Å². The number of benzene rings is 2. The van der Waals surface area contributed by atoms with Crippen LogP contribution in [0, 0.1) is 13.8 Å². The summed E-state index contributed by atoms with van der Waals surface area (Å²) < 4.78 is 30.7. The monoisotopic (exact) mass is 300 g/mol. The third-order valence-electron chi connectivity index (χ3n) is 3.57. The van der Waals surface area contributed by atoms with Crippen LogP contribution in [0.1, 0.15) is 16.7 Å². The quantitative estimate of drug-likeness (QED) is 0.871. The Kier molecular flexibility index (Phi) is 3.33. The molecule has 0 atom stereocenters. The summed E-state index contributed by atoms with van der Waals surface area (Å²) in [4.78, 5) is 0.722. The summed E-state index contributed by atoms with van der Waals surface area (Å²) in [5, 5.41) is 0. The van der Waals surface area contributed by atoms with Crippen LogP contribution < -0.4 is 4.74 Å². The highest BCUT2D eigenvalue weighted by Crippen LogP contribution is 2.35. The number of ether oxygens (including phenoxy) is 1. The van der Waals surface area contributed by atoms with E-state index in [1.165, 1.54) is 0 Å². The molecule has 0 aromatic heterocycles. The van der Waals surface area contributed by atoms with Crippen LogP contribution in [0.5, 0.6) is 5.75 Å². The summed E-state index contributed by atoms with van der Waals surface area (Å²) in [5.74, 6) is 0.671. The minimum Gasteiger partial charge on any atom is -0.488 e. The lowest BCUT2D eigenvalue weighted by atomic mass is 10.1. The largest absolute Gasteiger partial charge is 0.488 e. The van der Waals surface area contributed by atoms with Crippen molar-refractivity contribution in [2.24, 2.45) is 0 Å². The zero-order chi connectivity index (χ0) is 15.0. The third-order valence-corrected chi connectivity index (χ3v) is 5.60. The lowest BCUT2D eigenvalue weighted by Crippen LogP contribution is -2.09. The Morgan fingerprint density at radius 3 is 2.38 bits per heavy atom. The number of aryl methyl sites for hydroxylation is 2. The van der Waals surface area contributed by atoms with E-state index in [4.69, 9.17) is 4.74 Å². The maximum Gasteiger partial charge on any atom is 0.207 e. The molecule has 3 rings (SSSR count). The Morgan fingerprint density at radius 1 is 1.00 bits per heavy atom. The van der Waals surface area contributed by atoms with Crippen LogP contribution in [0.2, 0.25) is 0 Å². The normalized spacial score (nSPS) is 15.4. The number of hydrogen-bond acceptors (Lipinski definition) is 3. The molecule has 1 heterocycles. The Morgan fingerprint density at radius 2 is 1.71 bits per heavy atom. The predicted molar refractivity (Wildman–Crippen MR) is 83.0 cm³/mol. The zero-order valence-electron chi connectivity index (χ0n) is 12.0. The van der Waals surface area contributed by atoms with E-state index in [2.05, 4.69) is 0 Å². The molecule has 0 fully saturated rings. The minimum absolute atomic E-state index is 0.0551. The van der Waals surface area contributed by atoms with Gasteiger partial charge in [-0.05, 0) is 43.2 Å². The Labute approximate surface area is 124 Å². The van der Waals surface area contributed by atoms with Gasteiger partial charge in [-0.15, -0.1) is 0 Å². The minimum atomic E-state index is -3.42. The molecule has 21 heavy (non-hydrogen) atoms. The topological polar surface area (TPSA) is 43.4 Å². The van der Waals surface area contributed by atoms with Crippen molar-refractivity contribution in [1.82, 2.24) is 0 Å². The number of hydrogen-bond donors (Lipinski definition) is 0. The highest BCUT2D eigenvalue weighted by atomic mass is 32.2. The summed E-state index contributed by atoms with van der Waals surface area (Å²) >= 11 is 0. The number of rotatable bonds is 3. The molecule has 0 saturated carbocycles. The second-order valence-corrected chi connectivity index (χ2v) is 7.15. The molecule has 1 aliphatic rings. The third kappa shape index (κ3) is 2.47. The average Bonchev–Trinajstić information content (AvgIpc) is 2.70. The van der Waals surface area contributed by atoms with Crippen molar-refractivity contribution in [2.45, 2.75) is 18.7 Å². The van der Waals surface area contributed by atoms with Crippen molar-refractivity contribution in [3.63, 3.8) is 0 Å². The van der Waals surface area contributed by atoms with Crippen LogP contribution in [0.3, 0.4) is 0 Å². The fraction of sp³-hybridized carbons (Fsp3) is 0.176. The second kappa shape index (κ2) is 5.04. The van der Waals surface area contributed by atoms with Crippen molar-refractivity contribution in [2.75, 3.05) is 6.61 Å². The first-order valence-corrected chi connectivity index (χ1v) is 8.21. The maximum atomic E-state index is 12.5. The van der Waals surface area contributed by atoms with E-state index in [1.54, 1.807) is 6.08 Å². The van der Waals surface area contributed by atoms with Gasteiger partial charge >= 0.3 is 0 Å². The van der Waals surface area contributed by atoms with E-state index in [1.807, 2.05) is 56.3 Å². The van der Waals surface area contributed by atoms with Gasteiger partial charge in [0.15, 0.2) is 0 Å². The molecule has 3 nitrogen and oxygen atoms in total. The second-order valence-electron chi connectivity index (χ2n) is 5.21. The molecular formula is C17H16O3S. The van der Waals surface area contributed by atoms with Crippen molar-refractivity contribution < 1.29 is 13.2 Å². The smallest absolute Gasteiger partial charge is 0.207 e. The Balaban J connectivity index is 1.85. The fourth-order valence-electron chi connectivity index (χ4n) is 2.45. The van der Waals surface area contributed by atoms with Crippen LogP contribution in [0.25, 0.3) is 6.08 Å². The summed E-state index contributed by atoms with van der Waals surface area (Å²) in [5.41, 5.74) is 2.66. The SMILES string of the molecule is Cc1ccc(OCC2=Cc3cccc(C)c3S2(=O)=O)cc1. The van der Waals surface area contributed by atoms with Gasteiger partial charge in [0, 0.05) is 0 Å². The van der Waals surface area contributed by atoms with E-state index < -0.39 is 9.84 Å². The summed E-state index contributed by atoms with van der Waals surface area (Å²) in [6.07, 6.45) is 1.70. The predicted octanol–water partition coefficient (Wildman–Crippen LogP) is 3.51. The van der Waals surface area contributed by atoms with Crippen LogP contribution >= 0.6 is 0 Å². The van der Waals surface area contributed by atoms with Gasteiger partial charge in [-0.25, -0.2) is 8.42 Å². The standard InChI is InChI=1S/C17H16O3S/c1-12-6-8-15(9-7-12)20-11-16-10-14-5-3-4-13(2)17(14)21(16,18)19/h3-10H,11H2,1-2H3. The molecule has 2 aromatic carbocycles. The first-order valence-electron chi connectivity index (χ1n) is 6.73. The first-order chi connectivity index (χ1) is 9.98. The van der Waals surface area contributed by atoms with Gasteiger partial charge in [0.25, 0.3) is 0 Å². The van der Waals surface area contributed by atoms with Gasteiger partial charge in [-0.1, -0.05) is 35.9 Å². The van der Waals surface area contributed by atoms with Crippen LogP contribution in [-0.2, 0) is 9.84 Å². The first kappa shape index (κ1) is 13.9. The van der Waals surface area contributed by atoms with Gasteiger partial charge < -0.3 is 4.74 Å². The molecule has 108 valence electrons. The van der Waals surface area contributed by atoms with Gasteiger partial charge in [-0.2, -0.15) is 0 Å². The maximum absolute atomic E-state index is 12.5.